The van der Waals surface area contributed by atoms with Crippen LogP contribution in [0.2, 0.25) is 0 Å². The molecule has 17 heavy (non-hydrogen) atoms. The first-order valence-corrected chi connectivity index (χ1v) is 6.63. The van der Waals surface area contributed by atoms with E-state index in [0.717, 1.165) is 16.5 Å². The molecule has 3 heteroatoms. The second kappa shape index (κ2) is 6.30. The van der Waals surface area contributed by atoms with E-state index < -0.39 is 0 Å². The normalized spacial score (nSPS) is 10.2. The van der Waals surface area contributed by atoms with Crippen molar-refractivity contribution in [1.29, 1.82) is 0 Å². The Morgan fingerprint density at radius 1 is 1.12 bits per heavy atom. The van der Waals surface area contributed by atoms with Crippen LogP contribution in [0.25, 0.3) is 0 Å². The summed E-state index contributed by atoms with van der Waals surface area (Å²) in [5.41, 5.74) is 1.30. The number of rotatable bonds is 5. The number of thioether (sulfide) groups is 1. The molecule has 1 heterocycles. The molecule has 2 nitrogen and oxygen atoms in total. The summed E-state index contributed by atoms with van der Waals surface area (Å²) in [7, 11) is 0. The number of aromatic nitrogens is 1. The summed E-state index contributed by atoms with van der Waals surface area (Å²) in [6.45, 7) is 2.66. The Kier molecular flexibility index (Phi) is 4.45. The molecule has 0 spiro atoms. The molecular formula is C14H15NOS. The Balaban J connectivity index is 2.03. The first kappa shape index (κ1) is 12.0. The van der Waals surface area contributed by atoms with Crippen molar-refractivity contribution in [3.8, 4) is 5.75 Å². The summed E-state index contributed by atoms with van der Waals surface area (Å²) in [4.78, 5) is 4.35. The van der Waals surface area contributed by atoms with Crippen LogP contribution in [0.1, 0.15) is 12.5 Å². The lowest BCUT2D eigenvalue weighted by molar-refractivity contribution is 0.329. The third-order valence-corrected chi connectivity index (χ3v) is 3.31. The van der Waals surface area contributed by atoms with E-state index in [1.165, 1.54) is 5.56 Å². The predicted octanol–water partition coefficient (Wildman–Crippen LogP) is 3.77. The lowest BCUT2D eigenvalue weighted by Gasteiger charge is -2.08. The van der Waals surface area contributed by atoms with E-state index >= 15 is 0 Å². The van der Waals surface area contributed by atoms with Crippen LogP contribution in [-0.4, -0.2) is 11.6 Å². The van der Waals surface area contributed by atoms with Gasteiger partial charge in [-0.15, -0.1) is 0 Å². The van der Waals surface area contributed by atoms with Crippen molar-refractivity contribution in [1.82, 2.24) is 4.98 Å². The van der Waals surface area contributed by atoms with Gasteiger partial charge in [-0.3, -0.25) is 0 Å². The van der Waals surface area contributed by atoms with Gasteiger partial charge in [-0.2, -0.15) is 0 Å². The third-order valence-electron chi connectivity index (χ3n) is 2.25. The fourth-order valence-electron chi connectivity index (χ4n) is 1.48. The van der Waals surface area contributed by atoms with Crippen molar-refractivity contribution in [2.45, 2.75) is 17.7 Å². The quantitative estimate of drug-likeness (QED) is 0.749. The predicted molar refractivity (Wildman–Crippen MR) is 71.4 cm³/mol. The zero-order valence-electron chi connectivity index (χ0n) is 9.80. The van der Waals surface area contributed by atoms with E-state index in [9.17, 15) is 0 Å². The first-order chi connectivity index (χ1) is 8.40. The summed E-state index contributed by atoms with van der Waals surface area (Å²) < 4.78 is 5.54. The Labute approximate surface area is 106 Å². The number of pyridine rings is 1. The lowest BCUT2D eigenvalue weighted by Crippen LogP contribution is -1.94. The zero-order chi connectivity index (χ0) is 11.9. The highest BCUT2D eigenvalue weighted by atomic mass is 32.2. The molecule has 88 valence electrons. The number of hydrogen-bond acceptors (Lipinski definition) is 3. The molecular weight excluding hydrogens is 230 g/mol. The average Bonchev–Trinajstić information content (AvgIpc) is 2.39. The Morgan fingerprint density at radius 2 is 1.94 bits per heavy atom. The smallest absolute Gasteiger partial charge is 0.151 e. The molecule has 0 radical (unpaired) electrons. The van der Waals surface area contributed by atoms with Crippen LogP contribution in [-0.2, 0) is 5.75 Å². The highest BCUT2D eigenvalue weighted by molar-refractivity contribution is 7.98. The van der Waals surface area contributed by atoms with Gasteiger partial charge in [0.1, 0.15) is 5.03 Å². The minimum absolute atomic E-state index is 0.671. The van der Waals surface area contributed by atoms with E-state index in [1.807, 2.05) is 25.1 Å². The Hall–Kier alpha value is -1.48. The molecule has 0 unspecified atom stereocenters. The van der Waals surface area contributed by atoms with Gasteiger partial charge in [0.15, 0.2) is 5.75 Å². The minimum atomic E-state index is 0.671. The summed E-state index contributed by atoms with van der Waals surface area (Å²) >= 11 is 1.70. The van der Waals surface area contributed by atoms with Crippen LogP contribution >= 0.6 is 11.8 Å². The lowest BCUT2D eigenvalue weighted by atomic mass is 10.2. The molecule has 0 aliphatic carbocycles. The van der Waals surface area contributed by atoms with E-state index in [2.05, 4.69) is 29.2 Å². The molecule has 0 fully saturated rings. The molecule has 0 N–H and O–H groups in total. The third kappa shape index (κ3) is 3.49. The fourth-order valence-corrected chi connectivity index (χ4v) is 2.38. The largest absolute Gasteiger partial charge is 0.491 e. The first-order valence-electron chi connectivity index (χ1n) is 5.64. The molecule has 0 amide bonds. The number of hydrogen-bond donors (Lipinski definition) is 0. The van der Waals surface area contributed by atoms with Crippen molar-refractivity contribution in [2.24, 2.45) is 0 Å². The number of nitrogens with zero attached hydrogens (tertiary/aromatic N) is 1. The molecule has 2 aromatic rings. The zero-order valence-corrected chi connectivity index (χ0v) is 10.6. The molecule has 0 aliphatic rings. The van der Waals surface area contributed by atoms with Crippen LogP contribution in [0.5, 0.6) is 5.75 Å². The van der Waals surface area contributed by atoms with Gasteiger partial charge >= 0.3 is 0 Å². The molecule has 0 saturated carbocycles. The Bertz CT molecular complexity index is 459. The molecule has 2 rings (SSSR count). The van der Waals surface area contributed by atoms with Crippen LogP contribution < -0.4 is 4.74 Å². The van der Waals surface area contributed by atoms with Gasteiger partial charge in [0, 0.05) is 11.9 Å². The van der Waals surface area contributed by atoms with Gasteiger partial charge in [-0.1, -0.05) is 42.1 Å². The SMILES string of the molecule is CCOc1cccnc1SCc1ccccc1. The molecule has 0 aliphatic heterocycles. The monoisotopic (exact) mass is 245 g/mol. The van der Waals surface area contributed by atoms with Gasteiger partial charge in [0.2, 0.25) is 0 Å². The van der Waals surface area contributed by atoms with E-state index in [1.54, 1.807) is 18.0 Å². The van der Waals surface area contributed by atoms with Crippen molar-refractivity contribution >= 4 is 11.8 Å². The molecule has 1 aromatic carbocycles. The van der Waals surface area contributed by atoms with Crippen molar-refractivity contribution < 1.29 is 4.74 Å². The minimum Gasteiger partial charge on any atom is -0.491 e. The van der Waals surface area contributed by atoms with Gasteiger partial charge in [0.05, 0.1) is 6.61 Å². The maximum absolute atomic E-state index is 5.54. The second-order valence-corrected chi connectivity index (χ2v) is 4.48. The van der Waals surface area contributed by atoms with Crippen LogP contribution in [0.15, 0.2) is 53.7 Å². The summed E-state index contributed by atoms with van der Waals surface area (Å²) in [6.07, 6.45) is 1.80. The van der Waals surface area contributed by atoms with Crippen molar-refractivity contribution in [2.75, 3.05) is 6.61 Å². The molecule has 0 atom stereocenters. The van der Waals surface area contributed by atoms with E-state index in [4.69, 9.17) is 4.74 Å². The van der Waals surface area contributed by atoms with Gasteiger partial charge < -0.3 is 4.74 Å². The van der Waals surface area contributed by atoms with E-state index in [0.29, 0.717) is 6.61 Å². The molecule has 0 bridgehead atoms. The van der Waals surface area contributed by atoms with Crippen LogP contribution in [0.4, 0.5) is 0 Å². The topological polar surface area (TPSA) is 22.1 Å². The average molecular weight is 245 g/mol. The summed E-state index contributed by atoms with van der Waals surface area (Å²) in [5, 5.41) is 0.957. The van der Waals surface area contributed by atoms with Crippen molar-refractivity contribution in [3.05, 3.63) is 54.2 Å². The second-order valence-electron chi connectivity index (χ2n) is 3.51. The van der Waals surface area contributed by atoms with Crippen LogP contribution in [0, 0.1) is 0 Å². The van der Waals surface area contributed by atoms with Crippen LogP contribution in [0.3, 0.4) is 0 Å². The molecule has 1 aromatic heterocycles. The Morgan fingerprint density at radius 3 is 2.71 bits per heavy atom. The highest BCUT2D eigenvalue weighted by Crippen LogP contribution is 2.29. The van der Waals surface area contributed by atoms with E-state index in [-0.39, 0.29) is 0 Å². The number of ether oxygens (including phenoxy) is 1. The molecule has 0 saturated heterocycles. The standard InChI is InChI=1S/C14H15NOS/c1-2-16-13-9-6-10-15-14(13)17-11-12-7-4-3-5-8-12/h3-10H,2,11H2,1H3. The number of benzene rings is 1. The summed E-state index contributed by atoms with van der Waals surface area (Å²) in [6, 6.07) is 14.2. The van der Waals surface area contributed by atoms with Gasteiger partial charge in [-0.25, -0.2) is 4.98 Å². The van der Waals surface area contributed by atoms with Gasteiger partial charge in [0.25, 0.3) is 0 Å². The van der Waals surface area contributed by atoms with Crippen molar-refractivity contribution in [3.63, 3.8) is 0 Å². The highest BCUT2D eigenvalue weighted by Gasteiger charge is 2.04. The van der Waals surface area contributed by atoms with Gasteiger partial charge in [-0.05, 0) is 24.6 Å². The summed E-state index contributed by atoms with van der Waals surface area (Å²) in [5.74, 6) is 1.79. The maximum Gasteiger partial charge on any atom is 0.151 e. The maximum atomic E-state index is 5.54. The fraction of sp³-hybridized carbons (Fsp3) is 0.214.